The predicted octanol–water partition coefficient (Wildman–Crippen LogP) is 1.92. The Morgan fingerprint density at radius 3 is 2.71 bits per heavy atom. The number of carbonyl (C=O) groups is 1. The molecule has 1 fully saturated rings. The van der Waals surface area contributed by atoms with Crippen LogP contribution in [0.3, 0.4) is 0 Å². The number of hydrogen-bond donors (Lipinski definition) is 3. The highest BCUT2D eigenvalue weighted by atomic mass is 16.5. The molecule has 2 amide bonds. The Labute approximate surface area is 141 Å². The van der Waals surface area contributed by atoms with E-state index >= 15 is 0 Å². The van der Waals surface area contributed by atoms with Crippen LogP contribution in [-0.4, -0.2) is 60.5 Å². The lowest BCUT2D eigenvalue weighted by Gasteiger charge is -2.26. The minimum atomic E-state index is -0.173. The normalized spacial score (nSPS) is 15.2. The van der Waals surface area contributed by atoms with Crippen molar-refractivity contribution in [1.29, 1.82) is 0 Å². The van der Waals surface area contributed by atoms with Crippen LogP contribution in [0.5, 0.6) is 0 Å². The fraction of sp³-hybridized carbons (Fsp3) is 0.412. The maximum Gasteiger partial charge on any atom is 0.319 e. The first-order valence-corrected chi connectivity index (χ1v) is 8.25. The van der Waals surface area contributed by atoms with E-state index in [0.29, 0.717) is 6.54 Å². The van der Waals surface area contributed by atoms with Gasteiger partial charge in [-0.2, -0.15) is 5.10 Å². The molecule has 1 aromatic heterocycles. The van der Waals surface area contributed by atoms with Gasteiger partial charge < -0.3 is 15.4 Å². The number of hydrogen-bond acceptors (Lipinski definition) is 4. The monoisotopic (exact) mass is 329 g/mol. The molecule has 3 N–H and O–H groups in total. The zero-order valence-electron chi connectivity index (χ0n) is 13.6. The van der Waals surface area contributed by atoms with Gasteiger partial charge in [-0.15, -0.1) is 0 Å². The molecular weight excluding hydrogens is 306 g/mol. The summed E-state index contributed by atoms with van der Waals surface area (Å²) in [7, 11) is 0. The Kier molecular flexibility index (Phi) is 5.81. The number of benzene rings is 1. The highest BCUT2D eigenvalue weighted by molar-refractivity contribution is 5.89. The first-order chi connectivity index (χ1) is 11.8. The van der Waals surface area contributed by atoms with E-state index in [1.807, 2.05) is 30.5 Å². The molecule has 7 nitrogen and oxygen atoms in total. The summed E-state index contributed by atoms with van der Waals surface area (Å²) in [5.41, 5.74) is 2.85. The van der Waals surface area contributed by atoms with Gasteiger partial charge in [0.05, 0.1) is 19.4 Å². The standard InChI is InChI=1S/C17H23N5O2/c23-17(18-6-1-7-22-8-10-24-11-9-22)21-16-4-2-14(3-5-16)15-12-19-20-13-15/h2-5,12-13H,1,6-11H2,(H,19,20)(H2,18,21,23). The van der Waals surface area contributed by atoms with Gasteiger partial charge in [0.15, 0.2) is 0 Å². The number of urea groups is 1. The lowest BCUT2D eigenvalue weighted by Crippen LogP contribution is -2.38. The van der Waals surface area contributed by atoms with Crippen LogP contribution in [0.1, 0.15) is 6.42 Å². The second-order valence-electron chi connectivity index (χ2n) is 5.75. The van der Waals surface area contributed by atoms with Crippen molar-refractivity contribution in [2.45, 2.75) is 6.42 Å². The average molecular weight is 329 g/mol. The molecule has 0 saturated carbocycles. The second kappa shape index (κ2) is 8.47. The van der Waals surface area contributed by atoms with E-state index < -0.39 is 0 Å². The summed E-state index contributed by atoms with van der Waals surface area (Å²) in [6.07, 6.45) is 4.54. The van der Waals surface area contributed by atoms with Crippen LogP contribution in [0.25, 0.3) is 11.1 Å². The molecule has 0 radical (unpaired) electrons. The van der Waals surface area contributed by atoms with Gasteiger partial charge >= 0.3 is 6.03 Å². The molecule has 0 atom stereocenters. The van der Waals surface area contributed by atoms with Crippen molar-refractivity contribution < 1.29 is 9.53 Å². The summed E-state index contributed by atoms with van der Waals surface area (Å²) in [5.74, 6) is 0. The molecular formula is C17H23N5O2. The maximum absolute atomic E-state index is 11.9. The zero-order valence-corrected chi connectivity index (χ0v) is 13.6. The highest BCUT2D eigenvalue weighted by Crippen LogP contribution is 2.19. The number of rotatable bonds is 6. The lowest BCUT2D eigenvalue weighted by molar-refractivity contribution is 0.0375. The van der Waals surface area contributed by atoms with Crippen molar-refractivity contribution >= 4 is 11.7 Å². The third-order valence-corrected chi connectivity index (χ3v) is 4.01. The Bertz CT molecular complexity index is 621. The largest absolute Gasteiger partial charge is 0.379 e. The third kappa shape index (κ3) is 4.81. The number of morpholine rings is 1. The molecule has 0 aliphatic carbocycles. The number of carbonyl (C=O) groups excluding carboxylic acids is 1. The van der Waals surface area contributed by atoms with E-state index in [0.717, 1.165) is 56.1 Å². The van der Waals surface area contributed by atoms with E-state index in [9.17, 15) is 4.79 Å². The SMILES string of the molecule is O=C(NCCCN1CCOCC1)Nc1ccc(-c2cn[nH]c2)cc1. The van der Waals surface area contributed by atoms with Crippen LogP contribution in [0.2, 0.25) is 0 Å². The van der Waals surface area contributed by atoms with E-state index in [-0.39, 0.29) is 6.03 Å². The van der Waals surface area contributed by atoms with Crippen molar-refractivity contribution in [2.24, 2.45) is 0 Å². The van der Waals surface area contributed by atoms with Crippen molar-refractivity contribution in [3.63, 3.8) is 0 Å². The summed E-state index contributed by atoms with van der Waals surface area (Å²) in [6, 6.07) is 7.51. The smallest absolute Gasteiger partial charge is 0.319 e. The Hall–Kier alpha value is -2.38. The maximum atomic E-state index is 11.9. The molecule has 7 heteroatoms. The van der Waals surface area contributed by atoms with Crippen LogP contribution in [-0.2, 0) is 4.74 Å². The van der Waals surface area contributed by atoms with Gasteiger partial charge in [-0.3, -0.25) is 10.00 Å². The molecule has 3 rings (SSSR count). The van der Waals surface area contributed by atoms with Crippen LogP contribution in [0.4, 0.5) is 10.5 Å². The molecule has 0 unspecified atom stereocenters. The first-order valence-electron chi connectivity index (χ1n) is 8.25. The number of ether oxygens (including phenoxy) is 1. The molecule has 2 heterocycles. The van der Waals surface area contributed by atoms with E-state index in [4.69, 9.17) is 4.74 Å². The number of nitrogens with zero attached hydrogens (tertiary/aromatic N) is 2. The number of nitrogens with one attached hydrogen (secondary N) is 3. The molecule has 0 spiro atoms. The quantitative estimate of drug-likeness (QED) is 0.707. The van der Waals surface area contributed by atoms with Crippen LogP contribution >= 0.6 is 0 Å². The second-order valence-corrected chi connectivity index (χ2v) is 5.75. The molecule has 0 bridgehead atoms. The van der Waals surface area contributed by atoms with E-state index in [1.165, 1.54) is 0 Å². The Morgan fingerprint density at radius 2 is 2.00 bits per heavy atom. The summed E-state index contributed by atoms with van der Waals surface area (Å²) in [4.78, 5) is 14.3. The Morgan fingerprint density at radius 1 is 1.21 bits per heavy atom. The van der Waals surface area contributed by atoms with E-state index in [2.05, 4.69) is 25.7 Å². The van der Waals surface area contributed by atoms with Crippen LogP contribution in [0, 0.1) is 0 Å². The minimum Gasteiger partial charge on any atom is -0.379 e. The lowest BCUT2D eigenvalue weighted by atomic mass is 10.1. The van der Waals surface area contributed by atoms with Gasteiger partial charge in [0, 0.05) is 37.1 Å². The molecule has 128 valence electrons. The van der Waals surface area contributed by atoms with Gasteiger partial charge in [0.2, 0.25) is 0 Å². The molecule has 24 heavy (non-hydrogen) atoms. The van der Waals surface area contributed by atoms with E-state index in [1.54, 1.807) is 6.20 Å². The average Bonchev–Trinajstić information content (AvgIpc) is 3.15. The topological polar surface area (TPSA) is 82.3 Å². The zero-order chi connectivity index (χ0) is 16.6. The molecule has 2 aromatic rings. The first kappa shape index (κ1) is 16.5. The van der Waals surface area contributed by atoms with Gasteiger partial charge in [-0.1, -0.05) is 12.1 Å². The van der Waals surface area contributed by atoms with Crippen LogP contribution in [0.15, 0.2) is 36.7 Å². The fourth-order valence-corrected chi connectivity index (χ4v) is 2.66. The number of H-pyrrole nitrogens is 1. The Balaban J connectivity index is 1.37. The van der Waals surface area contributed by atoms with Crippen molar-refractivity contribution in [2.75, 3.05) is 44.7 Å². The molecule has 1 aliphatic heterocycles. The van der Waals surface area contributed by atoms with Crippen molar-refractivity contribution in [3.8, 4) is 11.1 Å². The van der Waals surface area contributed by atoms with Crippen LogP contribution < -0.4 is 10.6 Å². The van der Waals surface area contributed by atoms with Crippen molar-refractivity contribution in [1.82, 2.24) is 20.4 Å². The van der Waals surface area contributed by atoms with Gasteiger partial charge in [-0.05, 0) is 30.7 Å². The van der Waals surface area contributed by atoms with Gasteiger partial charge in [-0.25, -0.2) is 4.79 Å². The summed E-state index contributed by atoms with van der Waals surface area (Å²) >= 11 is 0. The fourth-order valence-electron chi connectivity index (χ4n) is 2.66. The van der Waals surface area contributed by atoms with Gasteiger partial charge in [0.1, 0.15) is 0 Å². The highest BCUT2D eigenvalue weighted by Gasteiger charge is 2.09. The number of anilines is 1. The summed E-state index contributed by atoms with van der Waals surface area (Å²) in [5, 5.41) is 12.5. The summed E-state index contributed by atoms with van der Waals surface area (Å²) < 4.78 is 5.32. The predicted molar refractivity (Wildman–Crippen MR) is 92.9 cm³/mol. The summed E-state index contributed by atoms with van der Waals surface area (Å²) in [6.45, 7) is 5.23. The van der Waals surface area contributed by atoms with Gasteiger partial charge in [0.25, 0.3) is 0 Å². The molecule has 1 aromatic carbocycles. The minimum absolute atomic E-state index is 0.173. The number of aromatic amines is 1. The molecule has 1 aliphatic rings. The number of amides is 2. The third-order valence-electron chi connectivity index (χ3n) is 4.01. The van der Waals surface area contributed by atoms with Crippen molar-refractivity contribution in [3.05, 3.63) is 36.7 Å². The molecule has 1 saturated heterocycles. The number of aromatic nitrogens is 2.